The number of carbonyl (C=O) groups excluding carboxylic acids is 2. The molecule has 1 atom stereocenters. The molecule has 7 nitrogen and oxygen atoms in total. The number of nitrogens with zero attached hydrogens (tertiary/aromatic N) is 3. The second-order valence-electron chi connectivity index (χ2n) is 7.58. The van der Waals surface area contributed by atoms with Gasteiger partial charge in [-0.2, -0.15) is 0 Å². The number of benzene rings is 1. The van der Waals surface area contributed by atoms with Crippen LogP contribution in [0.5, 0.6) is 5.75 Å². The number of likely N-dealkylation sites (tertiary alicyclic amines) is 1. The summed E-state index contributed by atoms with van der Waals surface area (Å²) in [6.07, 6.45) is 6.27. The molecule has 0 aliphatic carbocycles. The third kappa shape index (κ3) is 4.03. The second-order valence-corrected chi connectivity index (χ2v) is 7.58. The Balaban J connectivity index is 1.25. The standard InChI is InChI=1S/C21H26N4O3/c1-15-22-9-13-24(15)10-6-16-7-11-25(12-8-16)20(26)14-19-21(27)23-17-4-2-3-5-18(17)28-19/h2-5,9,13,16,19H,6-8,10-12,14H2,1H3,(H,23,27)/t19-/m0/s1. The summed E-state index contributed by atoms with van der Waals surface area (Å²) < 4.78 is 7.92. The molecule has 1 fully saturated rings. The average molecular weight is 382 g/mol. The molecular weight excluding hydrogens is 356 g/mol. The van der Waals surface area contributed by atoms with Gasteiger partial charge in [0.05, 0.1) is 12.1 Å². The number of aromatic nitrogens is 2. The Hall–Kier alpha value is -2.83. The molecule has 0 unspecified atom stereocenters. The molecule has 0 radical (unpaired) electrons. The molecule has 0 saturated carbocycles. The Morgan fingerprint density at radius 1 is 1.29 bits per heavy atom. The number of hydrogen-bond acceptors (Lipinski definition) is 4. The van der Waals surface area contributed by atoms with E-state index < -0.39 is 6.10 Å². The van der Waals surface area contributed by atoms with Gasteiger partial charge in [-0.05, 0) is 44.2 Å². The molecule has 3 heterocycles. The van der Waals surface area contributed by atoms with Crippen molar-refractivity contribution in [2.24, 2.45) is 5.92 Å². The van der Waals surface area contributed by atoms with Crippen molar-refractivity contribution in [1.82, 2.24) is 14.5 Å². The highest BCUT2D eigenvalue weighted by molar-refractivity contribution is 5.99. The number of imidazole rings is 1. The summed E-state index contributed by atoms with van der Waals surface area (Å²) in [6.45, 7) is 4.48. The second kappa shape index (κ2) is 8.04. The molecule has 1 N–H and O–H groups in total. The van der Waals surface area contributed by atoms with Crippen molar-refractivity contribution in [3.8, 4) is 5.75 Å². The van der Waals surface area contributed by atoms with Crippen LogP contribution in [0.4, 0.5) is 5.69 Å². The van der Waals surface area contributed by atoms with Crippen molar-refractivity contribution in [2.45, 2.75) is 45.3 Å². The van der Waals surface area contributed by atoms with Gasteiger partial charge in [0.25, 0.3) is 5.91 Å². The van der Waals surface area contributed by atoms with Crippen LogP contribution in [0.15, 0.2) is 36.7 Å². The Labute approximate surface area is 164 Å². The van der Waals surface area contributed by atoms with Gasteiger partial charge in [0, 0.05) is 32.0 Å². The fourth-order valence-electron chi connectivity index (χ4n) is 3.95. The fourth-order valence-corrected chi connectivity index (χ4v) is 3.95. The van der Waals surface area contributed by atoms with Crippen LogP contribution >= 0.6 is 0 Å². The van der Waals surface area contributed by atoms with Crippen LogP contribution in [0.3, 0.4) is 0 Å². The van der Waals surface area contributed by atoms with Crippen LogP contribution in [0, 0.1) is 12.8 Å². The summed E-state index contributed by atoms with van der Waals surface area (Å²) in [6, 6.07) is 7.29. The first-order chi connectivity index (χ1) is 13.6. The number of rotatable bonds is 5. The Bertz CT molecular complexity index is 855. The Morgan fingerprint density at radius 2 is 2.07 bits per heavy atom. The number of aryl methyl sites for hydroxylation is 2. The minimum absolute atomic E-state index is 0.0107. The number of carbonyl (C=O) groups is 2. The maximum atomic E-state index is 12.7. The highest BCUT2D eigenvalue weighted by Gasteiger charge is 2.32. The number of anilines is 1. The third-order valence-electron chi connectivity index (χ3n) is 5.74. The topological polar surface area (TPSA) is 76.5 Å². The average Bonchev–Trinajstić information content (AvgIpc) is 3.12. The summed E-state index contributed by atoms with van der Waals surface area (Å²) in [7, 11) is 0. The number of piperidine rings is 1. The molecular formula is C21H26N4O3. The number of ether oxygens (including phenoxy) is 1. The number of para-hydroxylation sites is 2. The van der Waals surface area contributed by atoms with Crippen LogP contribution in [-0.2, 0) is 16.1 Å². The van der Waals surface area contributed by atoms with Crippen molar-refractivity contribution >= 4 is 17.5 Å². The van der Waals surface area contributed by atoms with E-state index in [4.69, 9.17) is 4.74 Å². The maximum Gasteiger partial charge on any atom is 0.266 e. The van der Waals surface area contributed by atoms with Crippen molar-refractivity contribution in [3.05, 3.63) is 42.5 Å². The lowest BCUT2D eigenvalue weighted by atomic mass is 9.93. The van der Waals surface area contributed by atoms with E-state index in [-0.39, 0.29) is 18.2 Å². The van der Waals surface area contributed by atoms with E-state index >= 15 is 0 Å². The van der Waals surface area contributed by atoms with Crippen LogP contribution in [0.2, 0.25) is 0 Å². The number of fused-ring (bicyclic) bond motifs is 1. The zero-order chi connectivity index (χ0) is 19.5. The zero-order valence-electron chi connectivity index (χ0n) is 16.1. The van der Waals surface area contributed by atoms with Gasteiger partial charge < -0.3 is 19.5 Å². The minimum atomic E-state index is -0.760. The highest BCUT2D eigenvalue weighted by Crippen LogP contribution is 2.30. The van der Waals surface area contributed by atoms with Gasteiger partial charge in [-0.3, -0.25) is 9.59 Å². The lowest BCUT2D eigenvalue weighted by Crippen LogP contribution is -2.44. The van der Waals surface area contributed by atoms with Crippen molar-refractivity contribution in [1.29, 1.82) is 0 Å². The molecule has 2 aliphatic rings. The van der Waals surface area contributed by atoms with Crippen LogP contribution in [-0.4, -0.2) is 45.5 Å². The Kier molecular flexibility index (Phi) is 5.32. The summed E-state index contributed by atoms with van der Waals surface area (Å²) >= 11 is 0. The van der Waals surface area contributed by atoms with Gasteiger partial charge in [0.15, 0.2) is 6.10 Å². The Morgan fingerprint density at radius 3 is 2.82 bits per heavy atom. The van der Waals surface area contributed by atoms with Crippen molar-refractivity contribution < 1.29 is 14.3 Å². The fraction of sp³-hybridized carbons (Fsp3) is 0.476. The summed E-state index contributed by atoms with van der Waals surface area (Å²) in [5.74, 6) is 2.02. The summed E-state index contributed by atoms with van der Waals surface area (Å²) in [4.78, 5) is 31.0. The largest absolute Gasteiger partial charge is 0.478 e. The molecule has 28 heavy (non-hydrogen) atoms. The quantitative estimate of drug-likeness (QED) is 0.862. The molecule has 1 aromatic carbocycles. The molecule has 4 rings (SSSR count). The van der Waals surface area contributed by atoms with E-state index in [9.17, 15) is 9.59 Å². The highest BCUT2D eigenvalue weighted by atomic mass is 16.5. The molecule has 1 aromatic heterocycles. The predicted octanol–water partition coefficient (Wildman–Crippen LogP) is 2.61. The van der Waals surface area contributed by atoms with Gasteiger partial charge in [0.2, 0.25) is 5.91 Å². The first kappa shape index (κ1) is 18.5. The predicted molar refractivity (Wildman–Crippen MR) is 105 cm³/mol. The first-order valence-electron chi connectivity index (χ1n) is 9.92. The molecule has 0 bridgehead atoms. The maximum absolute atomic E-state index is 12.7. The number of hydrogen-bond donors (Lipinski definition) is 1. The number of nitrogens with one attached hydrogen (secondary N) is 1. The monoisotopic (exact) mass is 382 g/mol. The van der Waals surface area contributed by atoms with E-state index in [1.54, 1.807) is 12.1 Å². The van der Waals surface area contributed by atoms with Crippen LogP contribution in [0.1, 0.15) is 31.5 Å². The van der Waals surface area contributed by atoms with Crippen LogP contribution < -0.4 is 10.1 Å². The van der Waals surface area contributed by atoms with Gasteiger partial charge in [-0.1, -0.05) is 12.1 Å². The van der Waals surface area contributed by atoms with Crippen LogP contribution in [0.25, 0.3) is 0 Å². The van der Waals surface area contributed by atoms with Crippen molar-refractivity contribution in [2.75, 3.05) is 18.4 Å². The van der Waals surface area contributed by atoms with E-state index in [1.165, 1.54) is 0 Å². The number of amides is 2. The van der Waals surface area contributed by atoms with E-state index in [0.717, 1.165) is 44.7 Å². The lowest BCUT2D eigenvalue weighted by molar-refractivity contribution is -0.138. The van der Waals surface area contributed by atoms with E-state index in [1.807, 2.05) is 36.4 Å². The molecule has 2 aliphatic heterocycles. The molecule has 148 valence electrons. The summed E-state index contributed by atoms with van der Waals surface area (Å²) in [5, 5.41) is 2.82. The first-order valence-corrected chi connectivity index (χ1v) is 9.92. The third-order valence-corrected chi connectivity index (χ3v) is 5.74. The SMILES string of the molecule is Cc1nccn1CCC1CCN(C(=O)C[C@@H]2Oc3ccccc3NC2=O)CC1. The van der Waals surface area contributed by atoms with E-state index in [2.05, 4.69) is 14.9 Å². The molecule has 2 aromatic rings. The molecule has 7 heteroatoms. The lowest BCUT2D eigenvalue weighted by Gasteiger charge is -2.33. The van der Waals surface area contributed by atoms with Crippen molar-refractivity contribution in [3.63, 3.8) is 0 Å². The minimum Gasteiger partial charge on any atom is -0.478 e. The summed E-state index contributed by atoms with van der Waals surface area (Å²) in [5.41, 5.74) is 0.658. The molecule has 0 spiro atoms. The molecule has 2 amide bonds. The van der Waals surface area contributed by atoms with Gasteiger partial charge in [-0.25, -0.2) is 4.98 Å². The smallest absolute Gasteiger partial charge is 0.266 e. The zero-order valence-corrected chi connectivity index (χ0v) is 16.1. The normalized spacial score (nSPS) is 19.7. The van der Waals surface area contributed by atoms with Gasteiger partial charge in [0.1, 0.15) is 11.6 Å². The van der Waals surface area contributed by atoms with E-state index in [0.29, 0.717) is 17.4 Å². The van der Waals surface area contributed by atoms with Gasteiger partial charge in [-0.15, -0.1) is 0 Å². The van der Waals surface area contributed by atoms with Gasteiger partial charge >= 0.3 is 0 Å². The molecule has 1 saturated heterocycles.